The second-order valence-corrected chi connectivity index (χ2v) is 6.28. The minimum atomic E-state index is 0.181. The van der Waals surface area contributed by atoms with Crippen LogP contribution in [0.5, 0.6) is 0 Å². The maximum absolute atomic E-state index is 12.2. The Bertz CT molecular complexity index is 593. The topological polar surface area (TPSA) is 22.0 Å². The summed E-state index contributed by atoms with van der Waals surface area (Å²) in [5.74, 6) is 0. The van der Waals surface area contributed by atoms with Crippen molar-refractivity contribution in [3.05, 3.63) is 46.8 Å². The van der Waals surface area contributed by atoms with Gasteiger partial charge in [-0.05, 0) is 0 Å². The number of hydrogen-bond acceptors (Lipinski definition) is 1. The first-order valence-electron chi connectivity index (χ1n) is 5.63. The summed E-state index contributed by atoms with van der Waals surface area (Å²) >= 11 is 0.181. The molecular formula is C13H13NOSe. The number of benzene rings is 1. The van der Waals surface area contributed by atoms with Crippen LogP contribution in [0.3, 0.4) is 0 Å². The van der Waals surface area contributed by atoms with Gasteiger partial charge in [0.1, 0.15) is 0 Å². The molecule has 0 saturated carbocycles. The van der Waals surface area contributed by atoms with E-state index >= 15 is 0 Å². The summed E-state index contributed by atoms with van der Waals surface area (Å²) < 4.78 is 3.30. The molecule has 2 nitrogen and oxygen atoms in total. The van der Waals surface area contributed by atoms with Gasteiger partial charge in [0.05, 0.1) is 0 Å². The van der Waals surface area contributed by atoms with Crippen molar-refractivity contribution in [3.63, 3.8) is 0 Å². The fourth-order valence-electron chi connectivity index (χ4n) is 2.20. The van der Waals surface area contributed by atoms with Gasteiger partial charge in [0, 0.05) is 0 Å². The van der Waals surface area contributed by atoms with Gasteiger partial charge in [-0.25, -0.2) is 0 Å². The Hall–Kier alpha value is -1.05. The first-order chi connectivity index (χ1) is 7.86. The average Bonchev–Trinajstić information content (AvgIpc) is 2.69. The maximum atomic E-state index is 12.2. The molecule has 0 aliphatic heterocycles. The summed E-state index contributed by atoms with van der Waals surface area (Å²) in [5.41, 5.74) is 0.229. The normalized spacial score (nSPS) is 20.4. The fraction of sp³-hybridized carbons (Fsp3) is 0.308. The van der Waals surface area contributed by atoms with E-state index in [1.54, 1.807) is 0 Å². The van der Waals surface area contributed by atoms with Crippen LogP contribution in [0.2, 0.25) is 0 Å². The molecule has 0 saturated heterocycles. The molecule has 2 aromatic rings. The van der Waals surface area contributed by atoms with Gasteiger partial charge in [-0.15, -0.1) is 0 Å². The van der Waals surface area contributed by atoms with E-state index < -0.39 is 0 Å². The van der Waals surface area contributed by atoms with Gasteiger partial charge in [0.25, 0.3) is 0 Å². The van der Waals surface area contributed by atoms with E-state index in [1.165, 1.54) is 17.1 Å². The molecule has 3 heteroatoms. The molecule has 16 heavy (non-hydrogen) atoms. The van der Waals surface area contributed by atoms with Crippen molar-refractivity contribution in [2.45, 2.75) is 25.3 Å². The Balaban J connectivity index is 2.17. The SMILES string of the molecule is O=c1c2ccccc2[se]n1C1C=CCCC1. The van der Waals surface area contributed by atoms with E-state index in [0.717, 1.165) is 11.8 Å². The standard InChI is InChI=1S/C13H13NOSe/c15-13-11-8-4-5-9-12(11)16-14(13)10-6-2-1-3-7-10/h2,4-6,8-10H,1,3,7H2. The van der Waals surface area contributed by atoms with Crippen molar-refractivity contribution >= 4 is 24.4 Å². The van der Waals surface area contributed by atoms with E-state index in [9.17, 15) is 4.79 Å². The third-order valence-electron chi connectivity index (χ3n) is 3.04. The average molecular weight is 278 g/mol. The summed E-state index contributed by atoms with van der Waals surface area (Å²) in [6.45, 7) is 0. The van der Waals surface area contributed by atoms with Gasteiger partial charge in [0.2, 0.25) is 0 Å². The molecule has 1 unspecified atom stereocenters. The minimum absolute atomic E-state index is 0.181. The Labute approximate surface area is 100 Å². The molecule has 0 amide bonds. The molecule has 1 heterocycles. The van der Waals surface area contributed by atoms with Crippen LogP contribution in [0.1, 0.15) is 25.3 Å². The van der Waals surface area contributed by atoms with Gasteiger partial charge in [-0.3, -0.25) is 0 Å². The van der Waals surface area contributed by atoms with Gasteiger partial charge >= 0.3 is 100 Å². The second-order valence-electron chi connectivity index (χ2n) is 4.14. The molecular weight excluding hydrogens is 265 g/mol. The molecule has 0 fully saturated rings. The zero-order valence-electron chi connectivity index (χ0n) is 8.93. The Morgan fingerprint density at radius 1 is 1.31 bits per heavy atom. The predicted octanol–water partition coefficient (Wildman–Crippen LogP) is 2.34. The number of hydrogen-bond donors (Lipinski definition) is 0. The van der Waals surface area contributed by atoms with Crippen LogP contribution in [0, 0.1) is 0 Å². The first-order valence-corrected chi connectivity index (χ1v) is 7.26. The number of rotatable bonds is 1. The van der Waals surface area contributed by atoms with Gasteiger partial charge in [0.15, 0.2) is 0 Å². The van der Waals surface area contributed by atoms with Crippen LogP contribution in [-0.4, -0.2) is 18.3 Å². The molecule has 0 radical (unpaired) electrons. The molecule has 82 valence electrons. The summed E-state index contributed by atoms with van der Waals surface area (Å²) in [7, 11) is 0. The number of nitrogens with zero attached hydrogens (tertiary/aromatic N) is 1. The summed E-state index contributed by atoms with van der Waals surface area (Å²) in [4.78, 5) is 12.2. The van der Waals surface area contributed by atoms with Crippen molar-refractivity contribution in [3.8, 4) is 0 Å². The van der Waals surface area contributed by atoms with Gasteiger partial charge in [-0.1, -0.05) is 0 Å². The molecule has 1 aliphatic carbocycles. The number of allylic oxidation sites excluding steroid dienone is 2. The van der Waals surface area contributed by atoms with Crippen molar-refractivity contribution in [2.24, 2.45) is 0 Å². The van der Waals surface area contributed by atoms with Crippen LogP contribution in [0.15, 0.2) is 41.2 Å². The molecule has 0 spiro atoms. The monoisotopic (exact) mass is 279 g/mol. The first kappa shape index (κ1) is 10.1. The van der Waals surface area contributed by atoms with E-state index in [-0.39, 0.29) is 20.3 Å². The number of aromatic nitrogens is 1. The second kappa shape index (κ2) is 4.08. The van der Waals surface area contributed by atoms with Crippen molar-refractivity contribution in [1.82, 2.24) is 3.56 Å². The molecule has 0 N–H and O–H groups in total. The van der Waals surface area contributed by atoms with Crippen molar-refractivity contribution in [1.29, 1.82) is 0 Å². The summed E-state index contributed by atoms with van der Waals surface area (Å²) in [5, 5.41) is 0.918. The molecule has 3 rings (SSSR count). The van der Waals surface area contributed by atoms with Crippen molar-refractivity contribution < 1.29 is 0 Å². The molecule has 1 aromatic carbocycles. The summed E-state index contributed by atoms with van der Waals surface area (Å²) in [6.07, 6.45) is 7.91. The van der Waals surface area contributed by atoms with Crippen LogP contribution in [0.25, 0.3) is 9.65 Å². The third kappa shape index (κ3) is 1.60. The number of fused-ring (bicyclic) bond motifs is 1. The van der Waals surface area contributed by atoms with E-state index in [1.807, 2.05) is 18.2 Å². The van der Waals surface area contributed by atoms with Crippen molar-refractivity contribution in [2.75, 3.05) is 0 Å². The molecule has 1 aliphatic rings. The van der Waals surface area contributed by atoms with Crippen LogP contribution in [0.4, 0.5) is 0 Å². The Kier molecular flexibility index (Phi) is 2.58. The Morgan fingerprint density at radius 3 is 2.94 bits per heavy atom. The van der Waals surface area contributed by atoms with Crippen LogP contribution < -0.4 is 5.56 Å². The van der Waals surface area contributed by atoms with Crippen LogP contribution >= 0.6 is 0 Å². The van der Waals surface area contributed by atoms with E-state index in [0.29, 0.717) is 6.04 Å². The molecule has 1 aromatic heterocycles. The zero-order chi connectivity index (χ0) is 11.0. The van der Waals surface area contributed by atoms with E-state index in [4.69, 9.17) is 0 Å². The third-order valence-corrected chi connectivity index (χ3v) is 5.53. The molecule has 0 bridgehead atoms. The van der Waals surface area contributed by atoms with E-state index in [2.05, 4.69) is 21.8 Å². The van der Waals surface area contributed by atoms with Gasteiger partial charge in [-0.2, -0.15) is 0 Å². The summed E-state index contributed by atoms with van der Waals surface area (Å²) in [6, 6.07) is 8.35. The Morgan fingerprint density at radius 2 is 2.19 bits per heavy atom. The quantitative estimate of drug-likeness (QED) is 0.579. The molecule has 1 atom stereocenters. The van der Waals surface area contributed by atoms with Crippen LogP contribution in [-0.2, 0) is 0 Å². The van der Waals surface area contributed by atoms with Gasteiger partial charge < -0.3 is 0 Å². The predicted molar refractivity (Wildman–Crippen MR) is 67.2 cm³/mol. The zero-order valence-corrected chi connectivity index (χ0v) is 10.6. The fourth-order valence-corrected chi connectivity index (χ4v) is 4.50.